The Morgan fingerprint density at radius 1 is 0.382 bits per heavy atom. The first-order chi connectivity index (χ1) is 27.0. The highest BCUT2D eigenvalue weighted by atomic mass is 16.6. The van der Waals surface area contributed by atoms with E-state index in [0.717, 1.165) is 116 Å². The summed E-state index contributed by atoms with van der Waals surface area (Å²) in [6.07, 6.45) is 53.1. The standard InChI is InChI=1S/C49H82O6/c1-4-7-10-13-16-19-22-24-25-26-28-30-33-36-39-42-48(51)54-45-46(44-53-47(50)41-38-35-32-29-21-18-15-12-9-6-3)55-49(52)43-40-37-34-31-27-23-20-17-14-11-8-5-2/h7,10,12,15-17,19-20,24-25,28,30,46H,4-6,8-9,11,13-14,18,21-23,26-27,29,31-45H2,1-3H3/b10-7-,15-12-,19-16-,20-17-,25-24-,30-28-. The molecule has 0 saturated carbocycles. The lowest BCUT2D eigenvalue weighted by molar-refractivity contribution is -0.167. The van der Waals surface area contributed by atoms with Gasteiger partial charge in [0.15, 0.2) is 6.10 Å². The van der Waals surface area contributed by atoms with Crippen molar-refractivity contribution in [1.29, 1.82) is 0 Å². The third kappa shape index (κ3) is 41.8. The second-order valence-electron chi connectivity index (χ2n) is 14.6. The normalized spacial score (nSPS) is 12.7. The number of unbranched alkanes of at least 4 members (excludes halogenated alkanes) is 16. The lowest BCUT2D eigenvalue weighted by Crippen LogP contribution is -2.30. The van der Waals surface area contributed by atoms with Gasteiger partial charge < -0.3 is 14.2 Å². The van der Waals surface area contributed by atoms with Crippen LogP contribution in [-0.4, -0.2) is 37.2 Å². The summed E-state index contributed by atoms with van der Waals surface area (Å²) in [4.78, 5) is 37.7. The van der Waals surface area contributed by atoms with Crippen molar-refractivity contribution in [3.8, 4) is 0 Å². The van der Waals surface area contributed by atoms with Crippen LogP contribution in [0.5, 0.6) is 0 Å². The Balaban J connectivity index is 4.47. The minimum absolute atomic E-state index is 0.0975. The molecular formula is C49H82O6. The van der Waals surface area contributed by atoms with Crippen molar-refractivity contribution in [2.24, 2.45) is 0 Å². The van der Waals surface area contributed by atoms with Gasteiger partial charge in [-0.3, -0.25) is 14.4 Å². The molecule has 0 radical (unpaired) electrons. The van der Waals surface area contributed by atoms with Gasteiger partial charge in [0.2, 0.25) is 0 Å². The lowest BCUT2D eigenvalue weighted by atomic mass is 10.1. The largest absolute Gasteiger partial charge is 0.462 e. The Kier molecular flexibility index (Phi) is 41.1. The van der Waals surface area contributed by atoms with Gasteiger partial charge in [-0.05, 0) is 103 Å². The number of rotatable bonds is 39. The molecule has 1 atom stereocenters. The van der Waals surface area contributed by atoms with Gasteiger partial charge in [0, 0.05) is 19.3 Å². The van der Waals surface area contributed by atoms with Crippen LogP contribution < -0.4 is 0 Å². The molecule has 0 bridgehead atoms. The van der Waals surface area contributed by atoms with Crippen LogP contribution in [0.4, 0.5) is 0 Å². The van der Waals surface area contributed by atoms with E-state index in [0.29, 0.717) is 19.3 Å². The molecule has 1 unspecified atom stereocenters. The van der Waals surface area contributed by atoms with E-state index < -0.39 is 6.10 Å². The second-order valence-corrected chi connectivity index (χ2v) is 14.6. The Morgan fingerprint density at radius 2 is 0.745 bits per heavy atom. The number of carbonyl (C=O) groups excluding carboxylic acids is 3. The predicted octanol–water partition coefficient (Wildman–Crippen LogP) is 14.3. The Labute approximate surface area is 338 Å². The third-order valence-electron chi connectivity index (χ3n) is 9.15. The van der Waals surface area contributed by atoms with Gasteiger partial charge >= 0.3 is 17.9 Å². The van der Waals surface area contributed by atoms with Crippen LogP contribution in [0.25, 0.3) is 0 Å². The summed E-state index contributed by atoms with van der Waals surface area (Å²) in [5.74, 6) is -0.967. The molecule has 6 heteroatoms. The van der Waals surface area contributed by atoms with Gasteiger partial charge in [-0.2, -0.15) is 0 Å². The van der Waals surface area contributed by atoms with Crippen LogP contribution in [0.15, 0.2) is 72.9 Å². The predicted molar refractivity (Wildman–Crippen MR) is 233 cm³/mol. The monoisotopic (exact) mass is 767 g/mol. The van der Waals surface area contributed by atoms with Crippen molar-refractivity contribution >= 4 is 17.9 Å². The summed E-state index contributed by atoms with van der Waals surface area (Å²) in [5.41, 5.74) is 0. The van der Waals surface area contributed by atoms with E-state index in [1.54, 1.807) is 0 Å². The van der Waals surface area contributed by atoms with E-state index in [1.807, 2.05) is 0 Å². The zero-order valence-corrected chi connectivity index (χ0v) is 35.7. The Bertz CT molecular complexity index is 1070. The zero-order valence-electron chi connectivity index (χ0n) is 35.7. The first-order valence-electron chi connectivity index (χ1n) is 22.4. The maximum atomic E-state index is 12.7. The van der Waals surface area contributed by atoms with Crippen molar-refractivity contribution in [2.45, 2.75) is 207 Å². The highest BCUT2D eigenvalue weighted by Gasteiger charge is 2.19. The molecule has 0 heterocycles. The molecule has 0 aromatic rings. The van der Waals surface area contributed by atoms with E-state index in [9.17, 15) is 14.4 Å². The molecule has 0 aliphatic carbocycles. The molecule has 0 aromatic heterocycles. The summed E-state index contributed by atoms with van der Waals surface area (Å²) < 4.78 is 16.6. The molecule has 0 aliphatic rings. The smallest absolute Gasteiger partial charge is 0.306 e. The summed E-state index contributed by atoms with van der Waals surface area (Å²) in [7, 11) is 0. The lowest BCUT2D eigenvalue weighted by Gasteiger charge is -2.18. The van der Waals surface area contributed by atoms with Crippen molar-refractivity contribution in [1.82, 2.24) is 0 Å². The number of ether oxygens (including phenoxy) is 3. The van der Waals surface area contributed by atoms with E-state index in [1.165, 1.54) is 44.9 Å². The van der Waals surface area contributed by atoms with Gasteiger partial charge in [0.25, 0.3) is 0 Å². The van der Waals surface area contributed by atoms with Gasteiger partial charge in [0.05, 0.1) is 0 Å². The first kappa shape index (κ1) is 51.9. The van der Waals surface area contributed by atoms with Gasteiger partial charge in [-0.15, -0.1) is 0 Å². The molecule has 6 nitrogen and oxygen atoms in total. The minimum Gasteiger partial charge on any atom is -0.462 e. The maximum absolute atomic E-state index is 12.7. The van der Waals surface area contributed by atoms with Crippen LogP contribution in [-0.2, 0) is 28.6 Å². The fourth-order valence-electron chi connectivity index (χ4n) is 5.78. The minimum atomic E-state index is -0.797. The van der Waals surface area contributed by atoms with Crippen LogP contribution in [0.1, 0.15) is 201 Å². The van der Waals surface area contributed by atoms with Crippen molar-refractivity contribution in [3.05, 3.63) is 72.9 Å². The fourth-order valence-corrected chi connectivity index (χ4v) is 5.78. The summed E-state index contributed by atoms with van der Waals surface area (Å²) in [6, 6.07) is 0. The highest BCUT2D eigenvalue weighted by molar-refractivity contribution is 5.71. The van der Waals surface area contributed by atoms with Crippen LogP contribution in [0, 0.1) is 0 Å². The molecule has 0 saturated heterocycles. The Hall–Kier alpha value is -3.15. The molecule has 314 valence electrons. The maximum Gasteiger partial charge on any atom is 0.306 e. The van der Waals surface area contributed by atoms with Crippen LogP contribution in [0.3, 0.4) is 0 Å². The fraction of sp³-hybridized carbons (Fsp3) is 0.694. The SMILES string of the molecule is CC/C=C\C/C=C\C/C=C\C/C=C\CCCCC(=O)OCC(COC(=O)CCCCCCC/C=C\CCC)OC(=O)CCCCCCC/C=C\CCCCC. The number of esters is 3. The number of hydrogen-bond donors (Lipinski definition) is 0. The summed E-state index contributed by atoms with van der Waals surface area (Å²) in [6.45, 7) is 6.36. The average Bonchev–Trinajstić information content (AvgIpc) is 3.18. The van der Waals surface area contributed by atoms with E-state index in [2.05, 4.69) is 93.7 Å². The molecule has 0 rings (SSSR count). The highest BCUT2D eigenvalue weighted by Crippen LogP contribution is 2.12. The molecule has 0 fully saturated rings. The topological polar surface area (TPSA) is 78.9 Å². The van der Waals surface area contributed by atoms with E-state index >= 15 is 0 Å². The van der Waals surface area contributed by atoms with E-state index in [4.69, 9.17) is 14.2 Å². The quantitative estimate of drug-likeness (QED) is 0.0268. The molecule has 55 heavy (non-hydrogen) atoms. The third-order valence-corrected chi connectivity index (χ3v) is 9.15. The van der Waals surface area contributed by atoms with E-state index in [-0.39, 0.29) is 31.1 Å². The van der Waals surface area contributed by atoms with Crippen molar-refractivity contribution in [3.63, 3.8) is 0 Å². The van der Waals surface area contributed by atoms with Crippen molar-refractivity contribution in [2.75, 3.05) is 13.2 Å². The van der Waals surface area contributed by atoms with Gasteiger partial charge in [0.1, 0.15) is 13.2 Å². The zero-order chi connectivity index (χ0) is 40.1. The first-order valence-corrected chi connectivity index (χ1v) is 22.4. The van der Waals surface area contributed by atoms with Gasteiger partial charge in [-0.25, -0.2) is 0 Å². The molecule has 0 aromatic carbocycles. The summed E-state index contributed by atoms with van der Waals surface area (Å²) >= 11 is 0. The number of allylic oxidation sites excluding steroid dienone is 12. The van der Waals surface area contributed by atoms with Gasteiger partial charge in [-0.1, -0.05) is 151 Å². The van der Waals surface area contributed by atoms with Crippen LogP contribution >= 0.6 is 0 Å². The molecular weight excluding hydrogens is 685 g/mol. The average molecular weight is 767 g/mol. The molecule has 0 spiro atoms. The number of hydrogen-bond acceptors (Lipinski definition) is 6. The molecule has 0 N–H and O–H groups in total. The van der Waals surface area contributed by atoms with Crippen LogP contribution in [0.2, 0.25) is 0 Å². The summed E-state index contributed by atoms with van der Waals surface area (Å²) in [5, 5.41) is 0. The number of carbonyl (C=O) groups is 3. The van der Waals surface area contributed by atoms with Crippen molar-refractivity contribution < 1.29 is 28.6 Å². The molecule has 0 aliphatic heterocycles. The Morgan fingerprint density at radius 3 is 1.24 bits per heavy atom. The molecule has 0 amide bonds. The second kappa shape index (κ2) is 43.6.